The Labute approximate surface area is 118 Å². The lowest BCUT2D eigenvalue weighted by molar-refractivity contribution is 0.565. The van der Waals surface area contributed by atoms with Gasteiger partial charge in [-0.3, -0.25) is 0 Å². The molecule has 3 aromatic heterocycles. The van der Waals surface area contributed by atoms with Gasteiger partial charge in [0.15, 0.2) is 0 Å². The molecule has 0 aliphatic heterocycles. The molecule has 0 fully saturated rings. The summed E-state index contributed by atoms with van der Waals surface area (Å²) in [4.78, 5) is 8.58. The Morgan fingerprint density at radius 2 is 2.05 bits per heavy atom. The molecule has 0 aromatic carbocycles. The number of pyridine rings is 1. The first-order chi connectivity index (χ1) is 8.97. The zero-order chi connectivity index (χ0) is 13.7. The summed E-state index contributed by atoms with van der Waals surface area (Å²) in [6.07, 6.45) is 0. The third-order valence-corrected chi connectivity index (χ3v) is 3.29. The summed E-state index contributed by atoms with van der Waals surface area (Å²) >= 11 is 12.2. The normalized spacial score (nSPS) is 13.3. The zero-order valence-corrected chi connectivity index (χ0v) is 11.7. The molecule has 3 heterocycles. The molecule has 0 saturated carbocycles. The van der Waals surface area contributed by atoms with Gasteiger partial charge in [-0.05, 0) is 19.9 Å². The Morgan fingerprint density at radius 3 is 2.74 bits per heavy atom. The summed E-state index contributed by atoms with van der Waals surface area (Å²) in [5.41, 5.74) is 1.89. The van der Waals surface area contributed by atoms with Gasteiger partial charge in [-0.25, -0.2) is 14.5 Å². The van der Waals surface area contributed by atoms with Crippen molar-refractivity contribution in [3.8, 4) is 0 Å². The fourth-order valence-electron chi connectivity index (χ4n) is 2.08. The Bertz CT molecular complexity index is 797. The van der Waals surface area contributed by atoms with Crippen molar-refractivity contribution in [3.63, 3.8) is 0 Å². The molecule has 0 saturated heterocycles. The number of nitrogens with zero attached hydrogens (tertiary/aromatic N) is 4. The van der Waals surface area contributed by atoms with Crippen LogP contribution in [-0.2, 0) is 0 Å². The molecular formula is C12H9Cl2FN4. The van der Waals surface area contributed by atoms with E-state index in [-0.39, 0.29) is 5.15 Å². The second-order valence-electron chi connectivity index (χ2n) is 4.30. The maximum absolute atomic E-state index is 13.4. The highest BCUT2D eigenvalue weighted by atomic mass is 35.5. The summed E-state index contributed by atoms with van der Waals surface area (Å²) in [7, 11) is 0. The van der Waals surface area contributed by atoms with Crippen LogP contribution in [0.3, 0.4) is 0 Å². The van der Waals surface area contributed by atoms with Gasteiger partial charge in [0.2, 0.25) is 5.95 Å². The van der Waals surface area contributed by atoms with E-state index in [1.165, 1.54) is 10.6 Å². The number of fused-ring (bicyclic) bond motifs is 3. The van der Waals surface area contributed by atoms with Gasteiger partial charge in [-0.1, -0.05) is 11.6 Å². The van der Waals surface area contributed by atoms with Gasteiger partial charge in [0, 0.05) is 11.8 Å². The summed E-state index contributed by atoms with van der Waals surface area (Å²) in [5.74, 6) is -0.140. The summed E-state index contributed by atoms with van der Waals surface area (Å²) in [5, 5.41) is 4.21. The molecular weight excluding hydrogens is 290 g/mol. The van der Waals surface area contributed by atoms with Crippen molar-refractivity contribution in [2.24, 2.45) is 0 Å². The minimum atomic E-state index is -0.607. The molecule has 0 spiro atoms. The highest BCUT2D eigenvalue weighted by Crippen LogP contribution is 2.29. The van der Waals surface area contributed by atoms with Crippen LogP contribution in [0.1, 0.15) is 23.8 Å². The second-order valence-corrected chi connectivity index (χ2v) is 5.31. The molecule has 0 amide bonds. The van der Waals surface area contributed by atoms with E-state index < -0.39 is 11.3 Å². The van der Waals surface area contributed by atoms with Crippen LogP contribution in [0.4, 0.5) is 4.39 Å². The number of aromatic nitrogens is 4. The molecule has 4 nitrogen and oxygen atoms in total. The van der Waals surface area contributed by atoms with Crippen LogP contribution < -0.4 is 0 Å². The topological polar surface area (TPSA) is 43.1 Å². The first-order valence-corrected chi connectivity index (χ1v) is 6.45. The second kappa shape index (κ2) is 4.28. The van der Waals surface area contributed by atoms with Gasteiger partial charge >= 0.3 is 0 Å². The molecule has 7 heteroatoms. The van der Waals surface area contributed by atoms with Gasteiger partial charge in [0.05, 0.1) is 21.8 Å². The van der Waals surface area contributed by atoms with Crippen molar-refractivity contribution in [3.05, 3.63) is 34.8 Å². The standard InChI is InChI=1S/C12H9Cl2FN4/c1-5-3-7-10(11(14)16-5)8-4-9(15)18-19(8)12(17-7)6(2)13/h3-4,6H,1-2H3. The van der Waals surface area contributed by atoms with E-state index in [1.807, 2.05) is 6.92 Å². The SMILES string of the molecule is Cc1cc2nc(C(C)Cl)n3nc(F)cc3c2c(Cl)n1. The zero-order valence-electron chi connectivity index (χ0n) is 10.2. The number of hydrogen-bond acceptors (Lipinski definition) is 3. The first kappa shape index (κ1) is 12.6. The van der Waals surface area contributed by atoms with Crippen LogP contribution in [0.25, 0.3) is 16.4 Å². The molecule has 3 aromatic rings. The van der Waals surface area contributed by atoms with Crippen LogP contribution in [0.5, 0.6) is 0 Å². The third-order valence-electron chi connectivity index (χ3n) is 2.83. The minimum Gasteiger partial charge on any atom is -0.241 e. The lowest BCUT2D eigenvalue weighted by Crippen LogP contribution is -2.05. The van der Waals surface area contributed by atoms with Crippen LogP contribution in [0.15, 0.2) is 12.1 Å². The third kappa shape index (κ3) is 1.93. The molecule has 3 rings (SSSR count). The Kier molecular flexibility index (Phi) is 2.83. The Morgan fingerprint density at radius 1 is 1.32 bits per heavy atom. The number of alkyl halides is 1. The maximum Gasteiger partial charge on any atom is 0.233 e. The van der Waals surface area contributed by atoms with E-state index in [0.29, 0.717) is 22.2 Å². The summed E-state index contributed by atoms with van der Waals surface area (Å²) in [6.45, 7) is 3.57. The minimum absolute atomic E-state index is 0.279. The monoisotopic (exact) mass is 298 g/mol. The lowest BCUT2D eigenvalue weighted by Gasteiger charge is -2.09. The average molecular weight is 299 g/mol. The van der Waals surface area contributed by atoms with Crippen molar-refractivity contribution >= 4 is 39.6 Å². The predicted molar refractivity (Wildman–Crippen MR) is 72.3 cm³/mol. The average Bonchev–Trinajstić information content (AvgIpc) is 2.67. The van der Waals surface area contributed by atoms with Gasteiger partial charge in [0.1, 0.15) is 11.0 Å². The van der Waals surface area contributed by atoms with Crippen LogP contribution in [0.2, 0.25) is 5.15 Å². The fraction of sp³-hybridized carbons (Fsp3) is 0.250. The van der Waals surface area contributed by atoms with Gasteiger partial charge in [-0.15, -0.1) is 16.7 Å². The van der Waals surface area contributed by atoms with E-state index in [0.717, 1.165) is 5.69 Å². The molecule has 0 radical (unpaired) electrons. The highest BCUT2D eigenvalue weighted by Gasteiger charge is 2.17. The summed E-state index contributed by atoms with van der Waals surface area (Å²) in [6, 6.07) is 3.09. The molecule has 0 aliphatic rings. The molecule has 1 atom stereocenters. The number of aryl methyl sites for hydroxylation is 1. The van der Waals surface area contributed by atoms with E-state index in [2.05, 4.69) is 15.1 Å². The van der Waals surface area contributed by atoms with E-state index >= 15 is 0 Å². The number of halogens is 3. The molecule has 19 heavy (non-hydrogen) atoms. The van der Waals surface area contributed by atoms with Crippen molar-refractivity contribution in [2.75, 3.05) is 0 Å². The summed E-state index contributed by atoms with van der Waals surface area (Å²) < 4.78 is 14.8. The van der Waals surface area contributed by atoms with Crippen LogP contribution in [0, 0.1) is 12.9 Å². The highest BCUT2D eigenvalue weighted by molar-refractivity contribution is 6.35. The van der Waals surface area contributed by atoms with Gasteiger partial charge < -0.3 is 0 Å². The number of hydrogen-bond donors (Lipinski definition) is 0. The molecule has 0 bridgehead atoms. The maximum atomic E-state index is 13.4. The Hall–Kier alpha value is -1.46. The van der Waals surface area contributed by atoms with Crippen molar-refractivity contribution in [1.29, 1.82) is 0 Å². The quantitative estimate of drug-likeness (QED) is 0.508. The predicted octanol–water partition coefficient (Wildman–Crippen LogP) is 3.68. The molecule has 0 N–H and O–H groups in total. The van der Waals surface area contributed by atoms with Gasteiger partial charge in [-0.2, -0.15) is 4.39 Å². The van der Waals surface area contributed by atoms with Gasteiger partial charge in [0.25, 0.3) is 0 Å². The van der Waals surface area contributed by atoms with Crippen molar-refractivity contribution in [2.45, 2.75) is 19.2 Å². The molecule has 98 valence electrons. The molecule has 1 unspecified atom stereocenters. The largest absolute Gasteiger partial charge is 0.241 e. The van der Waals surface area contributed by atoms with E-state index in [1.54, 1.807) is 13.0 Å². The molecule has 0 aliphatic carbocycles. The van der Waals surface area contributed by atoms with E-state index in [4.69, 9.17) is 23.2 Å². The van der Waals surface area contributed by atoms with E-state index in [9.17, 15) is 4.39 Å². The smallest absolute Gasteiger partial charge is 0.233 e. The van der Waals surface area contributed by atoms with Crippen LogP contribution in [-0.4, -0.2) is 19.6 Å². The van der Waals surface area contributed by atoms with Crippen molar-refractivity contribution in [1.82, 2.24) is 19.6 Å². The van der Waals surface area contributed by atoms with Crippen molar-refractivity contribution < 1.29 is 4.39 Å². The van der Waals surface area contributed by atoms with Crippen LogP contribution >= 0.6 is 23.2 Å². The number of rotatable bonds is 1. The Balaban J connectivity index is 2.57. The fourth-order valence-corrected chi connectivity index (χ4v) is 2.55. The lowest BCUT2D eigenvalue weighted by atomic mass is 10.2. The first-order valence-electron chi connectivity index (χ1n) is 5.63.